The lowest BCUT2D eigenvalue weighted by molar-refractivity contribution is 0.193. The summed E-state index contributed by atoms with van der Waals surface area (Å²) < 4.78 is 6.94. The van der Waals surface area contributed by atoms with Crippen LogP contribution in [-0.2, 0) is 11.8 Å². The highest BCUT2D eigenvalue weighted by atomic mass is 31.1. The van der Waals surface area contributed by atoms with E-state index in [0.717, 1.165) is 12.2 Å². The summed E-state index contributed by atoms with van der Waals surface area (Å²) in [6.07, 6.45) is 1.00. The van der Waals surface area contributed by atoms with E-state index in [1.165, 1.54) is 48.5 Å². The van der Waals surface area contributed by atoms with Gasteiger partial charge in [0.1, 0.15) is 11.9 Å². The second-order valence-electron chi connectivity index (χ2n) is 11.5. The molecule has 1 aliphatic carbocycles. The third-order valence-electron chi connectivity index (χ3n) is 9.03. The van der Waals surface area contributed by atoms with Crippen LogP contribution in [0.3, 0.4) is 0 Å². The highest BCUT2D eigenvalue weighted by molar-refractivity contribution is 7.80. The number of benzene rings is 6. The van der Waals surface area contributed by atoms with E-state index < -0.39 is 15.8 Å². The topological polar surface area (TPSA) is 9.23 Å². The van der Waals surface area contributed by atoms with Gasteiger partial charge >= 0.3 is 0 Å². The molecule has 43 heavy (non-hydrogen) atoms. The van der Waals surface area contributed by atoms with Gasteiger partial charge in [0.25, 0.3) is 0 Å². The quantitative estimate of drug-likeness (QED) is 0.193. The maximum absolute atomic E-state index is 6.94. The zero-order valence-corrected chi connectivity index (χ0v) is 25.9. The fourth-order valence-electron chi connectivity index (χ4n) is 7.20. The molecule has 0 aromatic heterocycles. The molecule has 6 aromatic rings. The summed E-state index contributed by atoms with van der Waals surface area (Å²) in [5.41, 5.74) is 4.02. The highest BCUT2D eigenvalue weighted by Gasteiger charge is 2.55. The Morgan fingerprint density at radius 1 is 0.488 bits per heavy atom. The predicted octanol–water partition coefficient (Wildman–Crippen LogP) is 6.83. The molecule has 0 fully saturated rings. The zero-order chi connectivity index (χ0) is 28.8. The van der Waals surface area contributed by atoms with Gasteiger partial charge in [-0.05, 0) is 71.8 Å². The summed E-state index contributed by atoms with van der Waals surface area (Å²) >= 11 is 0. The molecule has 3 heteroatoms. The van der Waals surface area contributed by atoms with Gasteiger partial charge in [-0.3, -0.25) is 0 Å². The molecule has 0 N–H and O–H groups in total. The monoisotopic (exact) mass is 590 g/mol. The number of hydrogen-bond acceptors (Lipinski definition) is 1. The molecule has 1 aliphatic heterocycles. The number of ether oxygens (including phenoxy) is 1. The molecule has 1 unspecified atom stereocenters. The van der Waals surface area contributed by atoms with Crippen LogP contribution in [0.25, 0.3) is 0 Å². The van der Waals surface area contributed by atoms with Crippen LogP contribution in [0.15, 0.2) is 158 Å². The fraction of sp³-hybridized carbons (Fsp3) is 0.100. The van der Waals surface area contributed by atoms with E-state index in [1.807, 2.05) is 0 Å². The normalized spacial score (nSPS) is 18.3. The molecule has 0 amide bonds. The molecule has 6 aromatic carbocycles. The minimum atomic E-state index is -0.781. The molecule has 0 saturated carbocycles. The zero-order valence-electron chi connectivity index (χ0n) is 24.1. The maximum Gasteiger partial charge on any atom is 0.124 e. The van der Waals surface area contributed by atoms with Gasteiger partial charge in [-0.2, -0.15) is 0 Å². The lowest BCUT2D eigenvalue weighted by Gasteiger charge is -2.33. The molecular formula is C40H32OP2. The van der Waals surface area contributed by atoms with Crippen molar-refractivity contribution < 1.29 is 4.74 Å². The minimum absolute atomic E-state index is 0.0755. The third kappa shape index (κ3) is 4.38. The van der Waals surface area contributed by atoms with Gasteiger partial charge in [-0.1, -0.05) is 152 Å². The van der Waals surface area contributed by atoms with Crippen molar-refractivity contribution in [1.82, 2.24) is 0 Å². The van der Waals surface area contributed by atoms with Crippen LogP contribution in [0.1, 0.15) is 23.6 Å². The standard InChI is InChI=1S/C40H32OP2/c1-40-37(28-29-16-14-26-35(38(29)40)42(30-17-6-2-7-18-30)31-19-8-3-9-20-31)41-34-25-15-27-36(39(34)40)43(32-21-10-4-11-22-32)33-23-12-5-13-24-33/h2-27,37H,28H2,1H3/t37?,40-/m1/s1. The maximum atomic E-state index is 6.94. The van der Waals surface area contributed by atoms with Crippen LogP contribution in [-0.4, -0.2) is 6.10 Å². The van der Waals surface area contributed by atoms with Crippen molar-refractivity contribution in [2.45, 2.75) is 24.9 Å². The molecule has 208 valence electrons. The van der Waals surface area contributed by atoms with Gasteiger partial charge in [0.05, 0.1) is 5.41 Å². The van der Waals surface area contributed by atoms with E-state index in [0.29, 0.717) is 0 Å². The van der Waals surface area contributed by atoms with Crippen molar-refractivity contribution in [2.75, 3.05) is 0 Å². The van der Waals surface area contributed by atoms with E-state index >= 15 is 0 Å². The van der Waals surface area contributed by atoms with Gasteiger partial charge in [0.2, 0.25) is 0 Å². The Hall–Kier alpha value is -4.02. The van der Waals surface area contributed by atoms with Crippen LogP contribution in [0.4, 0.5) is 0 Å². The first-order valence-corrected chi connectivity index (χ1v) is 17.6. The summed E-state index contributed by atoms with van der Waals surface area (Å²) in [5.74, 6) is 1.05. The van der Waals surface area contributed by atoms with Crippen molar-refractivity contribution in [3.63, 3.8) is 0 Å². The van der Waals surface area contributed by atoms with Crippen LogP contribution < -0.4 is 36.6 Å². The Balaban J connectivity index is 1.38. The summed E-state index contributed by atoms with van der Waals surface area (Å²) in [5, 5.41) is 8.35. The average Bonchev–Trinajstić information content (AvgIpc) is 3.51. The molecule has 0 radical (unpaired) electrons. The smallest absolute Gasteiger partial charge is 0.124 e. The first-order valence-electron chi connectivity index (χ1n) is 15.0. The first kappa shape index (κ1) is 26.6. The molecule has 1 heterocycles. The Kier molecular flexibility index (Phi) is 6.75. The number of fused-ring (bicyclic) bond motifs is 5. The summed E-state index contributed by atoms with van der Waals surface area (Å²) in [4.78, 5) is 0. The third-order valence-corrected chi connectivity index (χ3v) is 14.0. The van der Waals surface area contributed by atoms with Crippen molar-refractivity contribution >= 4 is 47.7 Å². The number of rotatable bonds is 6. The Morgan fingerprint density at radius 2 is 0.907 bits per heavy atom. The first-order chi connectivity index (χ1) is 21.2. The van der Waals surface area contributed by atoms with Crippen molar-refractivity contribution in [2.24, 2.45) is 0 Å². The van der Waals surface area contributed by atoms with Crippen molar-refractivity contribution in [3.8, 4) is 5.75 Å². The van der Waals surface area contributed by atoms with E-state index in [9.17, 15) is 0 Å². The predicted molar refractivity (Wildman–Crippen MR) is 185 cm³/mol. The van der Waals surface area contributed by atoms with Gasteiger partial charge in [0.15, 0.2) is 0 Å². The SMILES string of the molecule is C[C@]12c3c(cccc3P(c3ccccc3)c3ccccc3)CC1Oc1cccc(P(c3ccccc3)c3ccccc3)c12. The highest BCUT2D eigenvalue weighted by Crippen LogP contribution is 2.56. The molecule has 1 nitrogen and oxygen atoms in total. The van der Waals surface area contributed by atoms with Crippen LogP contribution in [0, 0.1) is 0 Å². The van der Waals surface area contributed by atoms with E-state index in [2.05, 4.69) is 165 Å². The fourth-order valence-corrected chi connectivity index (χ4v) is 12.4. The molecule has 0 bridgehead atoms. The second kappa shape index (κ2) is 10.9. The van der Waals surface area contributed by atoms with Crippen molar-refractivity contribution in [1.29, 1.82) is 0 Å². The van der Waals surface area contributed by atoms with Crippen molar-refractivity contribution in [3.05, 3.63) is 174 Å². The van der Waals surface area contributed by atoms with Crippen LogP contribution in [0.2, 0.25) is 0 Å². The van der Waals surface area contributed by atoms with E-state index in [4.69, 9.17) is 4.74 Å². The summed E-state index contributed by atoms with van der Waals surface area (Å²) in [6, 6.07) is 58.1. The largest absolute Gasteiger partial charge is 0.488 e. The lowest BCUT2D eigenvalue weighted by atomic mass is 9.77. The Morgan fingerprint density at radius 3 is 1.37 bits per heavy atom. The Bertz CT molecular complexity index is 1670. The van der Waals surface area contributed by atoms with Gasteiger partial charge < -0.3 is 4.74 Å². The molecule has 0 spiro atoms. The summed E-state index contributed by atoms with van der Waals surface area (Å²) in [7, 11) is -1.54. The van der Waals surface area contributed by atoms with E-state index in [1.54, 1.807) is 0 Å². The van der Waals surface area contributed by atoms with Gasteiger partial charge in [-0.25, -0.2) is 0 Å². The van der Waals surface area contributed by atoms with Crippen LogP contribution in [0.5, 0.6) is 5.75 Å². The lowest BCUT2D eigenvalue weighted by Crippen LogP contribution is -2.39. The van der Waals surface area contributed by atoms with E-state index in [-0.39, 0.29) is 11.5 Å². The van der Waals surface area contributed by atoms with Gasteiger partial charge in [0, 0.05) is 12.0 Å². The summed E-state index contributed by atoms with van der Waals surface area (Å²) in [6.45, 7) is 2.47. The molecule has 8 rings (SSSR count). The number of hydrogen-bond donors (Lipinski definition) is 0. The molecule has 2 aliphatic rings. The van der Waals surface area contributed by atoms with Gasteiger partial charge in [-0.15, -0.1) is 0 Å². The minimum Gasteiger partial charge on any atom is -0.488 e. The average molecular weight is 591 g/mol. The Labute approximate surface area is 256 Å². The second-order valence-corrected chi connectivity index (χ2v) is 15.9. The molecule has 0 saturated heterocycles. The molecular weight excluding hydrogens is 558 g/mol. The molecule has 2 atom stereocenters. The van der Waals surface area contributed by atoms with Crippen LogP contribution >= 0.6 is 15.8 Å².